The third-order valence-electron chi connectivity index (χ3n) is 2.32. The Morgan fingerprint density at radius 3 is 2.65 bits per heavy atom. The van der Waals surface area contributed by atoms with Gasteiger partial charge in [-0.1, -0.05) is 23.2 Å². The molecule has 1 aromatic carbocycles. The molecule has 0 spiro atoms. The zero-order chi connectivity index (χ0) is 14.7. The van der Waals surface area contributed by atoms with Gasteiger partial charge in [0, 0.05) is 12.1 Å². The minimum Gasteiger partial charge on any atom is -0.437 e. The van der Waals surface area contributed by atoms with Gasteiger partial charge in [-0.25, -0.2) is 9.97 Å². The zero-order valence-electron chi connectivity index (χ0n) is 9.72. The van der Waals surface area contributed by atoms with Crippen LogP contribution in [0.15, 0.2) is 24.5 Å². The number of nitro benzene ring substituents is 1. The molecule has 0 N–H and O–H groups in total. The SMILES string of the molecule is O=[N+]([O-])c1ccc(Oc2ncnc(Cl)c2CCl)c(Cl)c1. The van der Waals surface area contributed by atoms with Gasteiger partial charge in [0.05, 0.1) is 21.4 Å². The van der Waals surface area contributed by atoms with Crippen LogP contribution in [0.3, 0.4) is 0 Å². The largest absolute Gasteiger partial charge is 0.437 e. The number of nitro groups is 1. The zero-order valence-corrected chi connectivity index (χ0v) is 12.0. The summed E-state index contributed by atoms with van der Waals surface area (Å²) in [5.74, 6) is 0.411. The highest BCUT2D eigenvalue weighted by Crippen LogP contribution is 2.34. The van der Waals surface area contributed by atoms with Crippen LogP contribution in [0.2, 0.25) is 10.2 Å². The maximum Gasteiger partial charge on any atom is 0.271 e. The number of nitrogens with zero attached hydrogens (tertiary/aromatic N) is 3. The number of hydrogen-bond donors (Lipinski definition) is 0. The third kappa shape index (κ3) is 3.09. The number of hydrogen-bond acceptors (Lipinski definition) is 5. The standard InChI is InChI=1S/C11H6Cl3N3O3/c12-4-7-10(14)15-5-16-11(7)20-9-2-1-6(17(18)19)3-8(9)13/h1-3,5H,4H2. The Kier molecular flexibility index (Phi) is 4.59. The summed E-state index contributed by atoms with van der Waals surface area (Å²) in [6, 6.07) is 3.82. The number of alkyl halides is 1. The van der Waals surface area contributed by atoms with Crippen LogP contribution in [0.1, 0.15) is 5.56 Å². The summed E-state index contributed by atoms with van der Waals surface area (Å²) in [7, 11) is 0. The van der Waals surface area contributed by atoms with Crippen molar-refractivity contribution in [1.82, 2.24) is 9.97 Å². The fourth-order valence-corrected chi connectivity index (χ4v) is 2.08. The Morgan fingerprint density at radius 1 is 1.30 bits per heavy atom. The summed E-state index contributed by atoms with van der Waals surface area (Å²) in [6.07, 6.45) is 1.22. The van der Waals surface area contributed by atoms with Gasteiger partial charge in [0.1, 0.15) is 17.2 Å². The predicted octanol–water partition coefficient (Wildman–Crippen LogP) is 4.22. The molecule has 0 radical (unpaired) electrons. The van der Waals surface area contributed by atoms with Gasteiger partial charge >= 0.3 is 0 Å². The van der Waals surface area contributed by atoms with Crippen molar-refractivity contribution in [2.24, 2.45) is 0 Å². The summed E-state index contributed by atoms with van der Waals surface area (Å²) < 4.78 is 5.47. The first-order valence-electron chi connectivity index (χ1n) is 5.20. The van der Waals surface area contributed by atoms with Gasteiger partial charge in [0.25, 0.3) is 5.69 Å². The van der Waals surface area contributed by atoms with Crippen molar-refractivity contribution in [1.29, 1.82) is 0 Å². The van der Waals surface area contributed by atoms with Crippen molar-refractivity contribution in [3.8, 4) is 11.6 Å². The molecule has 104 valence electrons. The minimum absolute atomic E-state index is 0.0552. The first-order valence-corrected chi connectivity index (χ1v) is 6.49. The fourth-order valence-electron chi connectivity index (χ4n) is 1.37. The van der Waals surface area contributed by atoms with Crippen LogP contribution in [-0.4, -0.2) is 14.9 Å². The van der Waals surface area contributed by atoms with E-state index in [2.05, 4.69) is 9.97 Å². The van der Waals surface area contributed by atoms with E-state index in [9.17, 15) is 10.1 Å². The number of rotatable bonds is 4. The van der Waals surface area contributed by atoms with Crippen LogP contribution in [-0.2, 0) is 5.88 Å². The molecule has 2 rings (SSSR count). The van der Waals surface area contributed by atoms with E-state index in [1.54, 1.807) is 0 Å². The molecule has 0 fully saturated rings. The predicted molar refractivity (Wildman–Crippen MR) is 74.8 cm³/mol. The van der Waals surface area contributed by atoms with E-state index in [1.165, 1.54) is 24.5 Å². The quantitative estimate of drug-likeness (QED) is 0.362. The molecule has 6 nitrogen and oxygen atoms in total. The van der Waals surface area contributed by atoms with E-state index in [4.69, 9.17) is 39.5 Å². The summed E-state index contributed by atoms with van der Waals surface area (Å²) in [5.41, 5.74) is 0.269. The van der Waals surface area contributed by atoms with E-state index in [0.717, 1.165) is 0 Å². The topological polar surface area (TPSA) is 78.2 Å². The smallest absolute Gasteiger partial charge is 0.271 e. The molecule has 20 heavy (non-hydrogen) atoms. The summed E-state index contributed by atoms with van der Waals surface area (Å²) in [4.78, 5) is 17.8. The number of aromatic nitrogens is 2. The highest BCUT2D eigenvalue weighted by atomic mass is 35.5. The van der Waals surface area contributed by atoms with Crippen LogP contribution in [0.25, 0.3) is 0 Å². The highest BCUT2D eigenvalue weighted by Gasteiger charge is 2.15. The second kappa shape index (κ2) is 6.21. The normalized spacial score (nSPS) is 10.3. The number of ether oxygens (including phenoxy) is 1. The lowest BCUT2D eigenvalue weighted by molar-refractivity contribution is -0.384. The lowest BCUT2D eigenvalue weighted by atomic mass is 10.3. The van der Waals surface area contributed by atoms with Crippen LogP contribution in [0.5, 0.6) is 11.6 Å². The molecule has 0 amide bonds. The molecule has 0 bridgehead atoms. The minimum atomic E-state index is -0.554. The van der Waals surface area contributed by atoms with Crippen molar-refractivity contribution < 1.29 is 9.66 Å². The molecule has 1 heterocycles. The van der Waals surface area contributed by atoms with Crippen LogP contribution in [0.4, 0.5) is 5.69 Å². The fraction of sp³-hybridized carbons (Fsp3) is 0.0909. The Labute approximate surface area is 128 Å². The average Bonchev–Trinajstić information content (AvgIpc) is 2.41. The van der Waals surface area contributed by atoms with Gasteiger partial charge in [0.2, 0.25) is 5.88 Å². The van der Waals surface area contributed by atoms with Crippen LogP contribution >= 0.6 is 34.8 Å². The highest BCUT2D eigenvalue weighted by molar-refractivity contribution is 6.32. The van der Waals surface area contributed by atoms with Crippen molar-refractivity contribution >= 4 is 40.5 Å². The molecule has 2 aromatic rings. The number of halogens is 3. The lowest BCUT2D eigenvalue weighted by Crippen LogP contribution is -1.97. The first kappa shape index (κ1) is 14.8. The van der Waals surface area contributed by atoms with Gasteiger partial charge in [-0.15, -0.1) is 11.6 Å². The molecular weight excluding hydrogens is 328 g/mol. The second-order valence-electron chi connectivity index (χ2n) is 3.56. The third-order valence-corrected chi connectivity index (χ3v) is 3.21. The maximum absolute atomic E-state index is 10.6. The van der Waals surface area contributed by atoms with Gasteiger partial charge in [-0.05, 0) is 6.07 Å². The van der Waals surface area contributed by atoms with Gasteiger partial charge in [-0.3, -0.25) is 10.1 Å². The van der Waals surface area contributed by atoms with Crippen molar-refractivity contribution in [2.45, 2.75) is 5.88 Å². The van der Waals surface area contributed by atoms with E-state index in [0.29, 0.717) is 5.56 Å². The molecule has 0 aliphatic carbocycles. The molecule has 0 aliphatic heterocycles. The van der Waals surface area contributed by atoms with Crippen LogP contribution in [0, 0.1) is 10.1 Å². The Balaban J connectivity index is 2.36. The lowest BCUT2D eigenvalue weighted by Gasteiger charge is -2.09. The molecule has 0 unspecified atom stereocenters. The summed E-state index contributed by atoms with van der Waals surface area (Å²) in [5, 5.41) is 10.9. The van der Waals surface area contributed by atoms with Crippen molar-refractivity contribution in [3.05, 3.63) is 50.4 Å². The Morgan fingerprint density at radius 2 is 2.05 bits per heavy atom. The summed E-state index contributed by atoms with van der Waals surface area (Å²) >= 11 is 17.5. The summed E-state index contributed by atoms with van der Waals surface area (Å²) in [6.45, 7) is 0. The second-order valence-corrected chi connectivity index (χ2v) is 4.59. The molecular formula is C11H6Cl3N3O3. The molecule has 0 saturated carbocycles. The average molecular weight is 335 g/mol. The van der Waals surface area contributed by atoms with E-state index < -0.39 is 4.92 Å². The molecule has 0 atom stereocenters. The van der Waals surface area contributed by atoms with Crippen molar-refractivity contribution in [2.75, 3.05) is 0 Å². The maximum atomic E-state index is 10.6. The first-order chi connectivity index (χ1) is 9.52. The van der Waals surface area contributed by atoms with Gasteiger partial charge in [0.15, 0.2) is 0 Å². The Bertz CT molecular complexity index is 667. The van der Waals surface area contributed by atoms with Crippen LogP contribution < -0.4 is 4.74 Å². The molecule has 1 aromatic heterocycles. The van der Waals surface area contributed by atoms with Crippen molar-refractivity contribution in [3.63, 3.8) is 0 Å². The molecule has 0 aliphatic rings. The molecule has 9 heteroatoms. The number of benzene rings is 1. The van der Waals surface area contributed by atoms with Gasteiger partial charge < -0.3 is 4.74 Å². The van der Waals surface area contributed by atoms with E-state index >= 15 is 0 Å². The van der Waals surface area contributed by atoms with E-state index in [-0.39, 0.29) is 33.4 Å². The van der Waals surface area contributed by atoms with E-state index in [1.807, 2.05) is 0 Å². The monoisotopic (exact) mass is 333 g/mol. The number of non-ortho nitro benzene ring substituents is 1. The Hall–Kier alpha value is -1.63. The van der Waals surface area contributed by atoms with Gasteiger partial charge in [-0.2, -0.15) is 0 Å². The molecule has 0 saturated heterocycles.